The highest BCUT2D eigenvalue weighted by Crippen LogP contribution is 1.96. The van der Waals surface area contributed by atoms with E-state index in [2.05, 4.69) is 46.5 Å². The van der Waals surface area contributed by atoms with Crippen molar-refractivity contribution in [2.45, 2.75) is 25.7 Å². The van der Waals surface area contributed by atoms with Gasteiger partial charge in [-0.2, -0.15) is 0 Å². The van der Waals surface area contributed by atoms with Gasteiger partial charge in [0.05, 0.1) is 0 Å². The summed E-state index contributed by atoms with van der Waals surface area (Å²) in [4.78, 5) is 7.37. The van der Waals surface area contributed by atoms with Crippen LogP contribution >= 0.6 is 0 Å². The van der Waals surface area contributed by atoms with Crippen LogP contribution in [-0.2, 0) is 0 Å². The average Bonchev–Trinajstić information content (AvgIpc) is 2.48. The number of hydrogen-bond acceptors (Lipinski definition) is 5. The van der Waals surface area contributed by atoms with Crippen LogP contribution in [0.15, 0.2) is 0 Å². The lowest BCUT2D eigenvalue weighted by Crippen LogP contribution is -2.30. The van der Waals surface area contributed by atoms with Gasteiger partial charge in [-0.25, -0.2) is 0 Å². The van der Waals surface area contributed by atoms with Crippen LogP contribution < -0.4 is 10.6 Å². The van der Waals surface area contributed by atoms with Crippen LogP contribution in [0.25, 0.3) is 0 Å². The maximum atomic E-state index is 3.20. The molecule has 2 N–H and O–H groups in total. The second-order valence-electron chi connectivity index (χ2n) is 6.53. The smallest absolute Gasteiger partial charge is 0.000959 e. The molecule has 0 heterocycles. The zero-order valence-corrected chi connectivity index (χ0v) is 15.8. The van der Waals surface area contributed by atoms with Crippen molar-refractivity contribution in [1.29, 1.82) is 0 Å². The van der Waals surface area contributed by atoms with Crippen molar-refractivity contribution in [2.24, 2.45) is 0 Å². The van der Waals surface area contributed by atoms with Crippen molar-refractivity contribution in [1.82, 2.24) is 25.3 Å². The molecule has 0 radical (unpaired) electrons. The Morgan fingerprint density at radius 3 is 1.05 bits per heavy atom. The molecule has 0 aliphatic heterocycles. The van der Waals surface area contributed by atoms with Gasteiger partial charge in [-0.1, -0.05) is 0 Å². The highest BCUT2D eigenvalue weighted by Gasteiger charge is 2.03. The molecule has 134 valence electrons. The van der Waals surface area contributed by atoms with Crippen LogP contribution in [0.2, 0.25) is 0 Å². The van der Waals surface area contributed by atoms with Gasteiger partial charge in [0.2, 0.25) is 0 Å². The molecule has 0 fully saturated rings. The summed E-state index contributed by atoms with van der Waals surface area (Å²) < 4.78 is 0. The van der Waals surface area contributed by atoms with Crippen LogP contribution in [-0.4, -0.2) is 102 Å². The molecule has 0 aromatic rings. The molecule has 5 heteroatoms. The Kier molecular flexibility index (Phi) is 15.5. The fraction of sp³-hybridized carbons (Fsp3) is 1.00. The third kappa shape index (κ3) is 14.7. The molecule has 0 aliphatic rings. The molecule has 0 saturated heterocycles. The van der Waals surface area contributed by atoms with Crippen molar-refractivity contribution in [3.63, 3.8) is 0 Å². The topological polar surface area (TPSA) is 33.8 Å². The largest absolute Gasteiger partial charge is 0.320 e. The van der Waals surface area contributed by atoms with Gasteiger partial charge >= 0.3 is 0 Å². The highest BCUT2D eigenvalue weighted by molar-refractivity contribution is 4.59. The fourth-order valence-electron chi connectivity index (χ4n) is 2.61. The molecular weight excluding hydrogens is 274 g/mol. The summed E-state index contributed by atoms with van der Waals surface area (Å²) in [6, 6.07) is 0. The number of nitrogens with zero attached hydrogens (tertiary/aromatic N) is 3. The summed E-state index contributed by atoms with van der Waals surface area (Å²) in [6.07, 6.45) is 5.01. The third-order valence-electron chi connectivity index (χ3n) is 4.09. The summed E-state index contributed by atoms with van der Waals surface area (Å²) in [6.45, 7) is 9.46. The zero-order chi connectivity index (χ0) is 16.6. The van der Waals surface area contributed by atoms with E-state index < -0.39 is 0 Å². The van der Waals surface area contributed by atoms with Gasteiger partial charge in [-0.05, 0) is 113 Å². The van der Waals surface area contributed by atoms with Gasteiger partial charge in [-0.3, -0.25) is 0 Å². The van der Waals surface area contributed by atoms with Crippen molar-refractivity contribution in [3.05, 3.63) is 0 Å². The van der Waals surface area contributed by atoms with Crippen LogP contribution in [0.5, 0.6) is 0 Å². The second kappa shape index (κ2) is 15.7. The van der Waals surface area contributed by atoms with E-state index in [1.54, 1.807) is 0 Å². The lowest BCUT2D eigenvalue weighted by atomic mass is 10.3. The maximum Gasteiger partial charge on any atom is -0.000959 e. The molecule has 0 spiro atoms. The molecule has 0 atom stereocenters. The molecular formula is C17H41N5. The first kappa shape index (κ1) is 21.8. The Hall–Kier alpha value is -0.200. The molecule has 0 aromatic carbocycles. The molecule has 0 saturated carbocycles. The van der Waals surface area contributed by atoms with E-state index in [4.69, 9.17) is 0 Å². The Labute approximate surface area is 139 Å². The zero-order valence-electron chi connectivity index (χ0n) is 15.8. The van der Waals surface area contributed by atoms with Gasteiger partial charge < -0.3 is 25.3 Å². The minimum absolute atomic E-state index is 1.12. The van der Waals surface area contributed by atoms with E-state index in [0.717, 1.165) is 13.1 Å². The van der Waals surface area contributed by atoms with E-state index in [0.29, 0.717) is 0 Å². The van der Waals surface area contributed by atoms with Crippen molar-refractivity contribution in [2.75, 3.05) is 87.6 Å². The van der Waals surface area contributed by atoms with E-state index in [1.165, 1.54) is 65.0 Å². The highest BCUT2D eigenvalue weighted by atomic mass is 15.1. The van der Waals surface area contributed by atoms with Crippen LogP contribution in [0.1, 0.15) is 25.7 Å². The lowest BCUT2D eigenvalue weighted by Gasteiger charge is -2.22. The minimum Gasteiger partial charge on any atom is -0.320 e. The Balaban J connectivity index is 3.43. The second-order valence-corrected chi connectivity index (χ2v) is 6.53. The molecule has 0 aliphatic carbocycles. The molecule has 0 unspecified atom stereocenters. The van der Waals surface area contributed by atoms with Crippen LogP contribution in [0, 0.1) is 0 Å². The SMILES string of the molecule is CNCCCN(C)CCCN(C)CCCN(C)CCCNC. The Morgan fingerprint density at radius 1 is 0.500 bits per heavy atom. The summed E-state index contributed by atoms with van der Waals surface area (Å²) in [7, 11) is 10.8. The molecule has 22 heavy (non-hydrogen) atoms. The predicted octanol–water partition coefficient (Wildman–Crippen LogP) is 0.781. The molecule has 5 nitrogen and oxygen atoms in total. The third-order valence-corrected chi connectivity index (χ3v) is 4.09. The number of nitrogens with one attached hydrogen (secondary N) is 2. The monoisotopic (exact) mass is 315 g/mol. The molecule has 0 rings (SSSR count). The van der Waals surface area contributed by atoms with Gasteiger partial charge in [0.1, 0.15) is 0 Å². The van der Waals surface area contributed by atoms with Gasteiger partial charge in [0.25, 0.3) is 0 Å². The first-order chi connectivity index (χ1) is 10.6. The predicted molar refractivity (Wildman–Crippen MR) is 98.8 cm³/mol. The molecule has 0 aromatic heterocycles. The van der Waals surface area contributed by atoms with Gasteiger partial charge in [-0.15, -0.1) is 0 Å². The standard InChI is InChI=1S/C17H41N5/c1-18-10-6-12-20(3)14-8-16-22(5)17-9-15-21(4)13-7-11-19-2/h18-19H,6-17H2,1-5H3. The average molecular weight is 316 g/mol. The summed E-state index contributed by atoms with van der Waals surface area (Å²) in [5, 5.41) is 6.41. The molecule has 0 amide bonds. The number of rotatable bonds is 16. The van der Waals surface area contributed by atoms with Gasteiger partial charge in [0, 0.05) is 0 Å². The quantitative estimate of drug-likeness (QED) is 0.412. The van der Waals surface area contributed by atoms with Crippen LogP contribution in [0.4, 0.5) is 0 Å². The minimum atomic E-state index is 1.12. The fourth-order valence-corrected chi connectivity index (χ4v) is 2.61. The molecule has 0 bridgehead atoms. The maximum absolute atomic E-state index is 3.20. The van der Waals surface area contributed by atoms with E-state index in [9.17, 15) is 0 Å². The first-order valence-electron chi connectivity index (χ1n) is 8.95. The van der Waals surface area contributed by atoms with E-state index in [-0.39, 0.29) is 0 Å². The Morgan fingerprint density at radius 2 is 0.773 bits per heavy atom. The van der Waals surface area contributed by atoms with Crippen molar-refractivity contribution in [3.8, 4) is 0 Å². The number of hydrogen-bond donors (Lipinski definition) is 2. The van der Waals surface area contributed by atoms with Gasteiger partial charge in [0.15, 0.2) is 0 Å². The van der Waals surface area contributed by atoms with Crippen molar-refractivity contribution < 1.29 is 0 Å². The van der Waals surface area contributed by atoms with E-state index in [1.807, 2.05) is 14.1 Å². The van der Waals surface area contributed by atoms with Crippen LogP contribution in [0.3, 0.4) is 0 Å². The van der Waals surface area contributed by atoms with E-state index >= 15 is 0 Å². The lowest BCUT2D eigenvalue weighted by molar-refractivity contribution is 0.255. The summed E-state index contributed by atoms with van der Waals surface area (Å²) >= 11 is 0. The summed E-state index contributed by atoms with van der Waals surface area (Å²) in [5.74, 6) is 0. The Bertz CT molecular complexity index is 203. The first-order valence-corrected chi connectivity index (χ1v) is 8.95. The van der Waals surface area contributed by atoms with Crippen molar-refractivity contribution >= 4 is 0 Å². The summed E-state index contributed by atoms with van der Waals surface area (Å²) in [5.41, 5.74) is 0. The normalized spacial score (nSPS) is 12.0.